The molecule has 30 heavy (non-hydrogen) atoms. The van der Waals surface area contributed by atoms with Crippen molar-refractivity contribution in [3.63, 3.8) is 0 Å². The van der Waals surface area contributed by atoms with Gasteiger partial charge < -0.3 is 9.64 Å². The molecule has 1 saturated carbocycles. The van der Waals surface area contributed by atoms with Crippen LogP contribution in [-0.4, -0.2) is 34.6 Å². The molecule has 0 bridgehead atoms. The first-order chi connectivity index (χ1) is 14.5. The Balaban J connectivity index is 1.84. The molecule has 0 aliphatic heterocycles. The van der Waals surface area contributed by atoms with Crippen LogP contribution in [0.5, 0.6) is 5.75 Å². The van der Waals surface area contributed by atoms with E-state index in [1.807, 2.05) is 30.6 Å². The number of benzene rings is 1. The molecule has 1 unspecified atom stereocenters. The third kappa shape index (κ3) is 4.13. The van der Waals surface area contributed by atoms with Crippen molar-refractivity contribution < 1.29 is 4.74 Å². The fraction of sp³-hybridized carbons (Fsp3) is 0.500. The van der Waals surface area contributed by atoms with Gasteiger partial charge in [0.05, 0.1) is 17.8 Å². The number of nitrogens with zero attached hydrogens (tertiary/aromatic N) is 4. The van der Waals surface area contributed by atoms with Crippen molar-refractivity contribution in [2.75, 3.05) is 25.1 Å². The number of imidazole rings is 1. The van der Waals surface area contributed by atoms with Gasteiger partial charge in [0.2, 0.25) is 0 Å². The van der Waals surface area contributed by atoms with Gasteiger partial charge >= 0.3 is 0 Å². The molecular formula is C24H31ClN4O. The van der Waals surface area contributed by atoms with Gasteiger partial charge in [-0.1, -0.05) is 38.8 Å². The number of rotatable bonds is 9. The molecule has 0 spiro atoms. The lowest BCUT2D eigenvalue weighted by molar-refractivity contribution is 0.415. The minimum Gasteiger partial charge on any atom is -0.497 e. The highest BCUT2D eigenvalue weighted by Gasteiger charge is 2.28. The van der Waals surface area contributed by atoms with Crippen LogP contribution in [0.25, 0.3) is 16.9 Å². The van der Waals surface area contributed by atoms with Crippen LogP contribution in [0.2, 0.25) is 5.02 Å². The molecule has 6 heteroatoms. The SMILES string of the molecule is CCc1nc2c(-c3ccc(OC)cc3Cl)nccn2c1N(CC(C)CC)CC1CC1. The van der Waals surface area contributed by atoms with Crippen LogP contribution in [0, 0.1) is 11.8 Å². The van der Waals surface area contributed by atoms with Crippen LogP contribution in [0.3, 0.4) is 0 Å². The second-order valence-electron chi connectivity index (χ2n) is 8.41. The number of hydrogen-bond acceptors (Lipinski definition) is 4. The maximum absolute atomic E-state index is 6.58. The summed E-state index contributed by atoms with van der Waals surface area (Å²) in [5.74, 6) is 3.39. The minimum atomic E-state index is 0.618. The molecular weight excluding hydrogens is 396 g/mol. The Morgan fingerprint density at radius 2 is 2.10 bits per heavy atom. The lowest BCUT2D eigenvalue weighted by Crippen LogP contribution is -2.32. The summed E-state index contributed by atoms with van der Waals surface area (Å²) in [5, 5.41) is 0.618. The highest BCUT2D eigenvalue weighted by molar-refractivity contribution is 6.33. The summed E-state index contributed by atoms with van der Waals surface area (Å²) in [6.45, 7) is 8.93. The van der Waals surface area contributed by atoms with Gasteiger partial charge in [0.25, 0.3) is 0 Å². The van der Waals surface area contributed by atoms with Crippen molar-refractivity contribution in [1.82, 2.24) is 14.4 Å². The van der Waals surface area contributed by atoms with E-state index in [4.69, 9.17) is 21.3 Å². The number of halogens is 1. The van der Waals surface area contributed by atoms with E-state index in [-0.39, 0.29) is 0 Å². The number of hydrogen-bond donors (Lipinski definition) is 0. The standard InChI is InChI=1S/C24H31ClN4O/c1-5-16(3)14-28(15-17-7-8-17)24-21(6-2)27-23-22(26-11-12-29(23)24)19-10-9-18(30-4)13-20(19)25/h9-13,16-17H,5-8,14-15H2,1-4H3. The number of anilines is 1. The van der Waals surface area contributed by atoms with Crippen LogP contribution in [-0.2, 0) is 6.42 Å². The third-order valence-electron chi connectivity index (χ3n) is 6.06. The van der Waals surface area contributed by atoms with Crippen LogP contribution >= 0.6 is 11.6 Å². The predicted octanol–water partition coefficient (Wildman–Crippen LogP) is 5.88. The Morgan fingerprint density at radius 3 is 2.73 bits per heavy atom. The van der Waals surface area contributed by atoms with Crippen molar-refractivity contribution in [2.24, 2.45) is 11.8 Å². The zero-order valence-electron chi connectivity index (χ0n) is 18.4. The van der Waals surface area contributed by atoms with Crippen LogP contribution < -0.4 is 9.64 Å². The van der Waals surface area contributed by atoms with Gasteiger partial charge in [-0.05, 0) is 49.3 Å². The van der Waals surface area contributed by atoms with Gasteiger partial charge in [0.1, 0.15) is 17.3 Å². The number of aryl methyl sites for hydroxylation is 1. The summed E-state index contributed by atoms with van der Waals surface area (Å²) in [6.07, 6.45) is 8.62. The second-order valence-corrected chi connectivity index (χ2v) is 8.82. The van der Waals surface area contributed by atoms with Gasteiger partial charge in [-0.3, -0.25) is 9.38 Å². The molecule has 3 aromatic rings. The van der Waals surface area contributed by atoms with E-state index in [0.29, 0.717) is 10.9 Å². The Morgan fingerprint density at radius 1 is 1.30 bits per heavy atom. The molecule has 2 heterocycles. The molecule has 1 atom stereocenters. The minimum absolute atomic E-state index is 0.618. The highest BCUT2D eigenvalue weighted by atomic mass is 35.5. The first-order valence-electron chi connectivity index (χ1n) is 11.0. The largest absolute Gasteiger partial charge is 0.497 e. The van der Waals surface area contributed by atoms with Crippen molar-refractivity contribution in [3.05, 3.63) is 41.3 Å². The Kier molecular flexibility index (Phi) is 6.19. The Bertz CT molecular complexity index is 1030. The van der Waals surface area contributed by atoms with Crippen molar-refractivity contribution >= 4 is 23.1 Å². The zero-order chi connectivity index (χ0) is 21.3. The van der Waals surface area contributed by atoms with E-state index in [9.17, 15) is 0 Å². The maximum Gasteiger partial charge on any atom is 0.165 e. The fourth-order valence-corrected chi connectivity index (χ4v) is 4.21. The van der Waals surface area contributed by atoms with Crippen LogP contribution in [0.4, 0.5) is 5.82 Å². The van der Waals surface area contributed by atoms with Crippen molar-refractivity contribution in [1.29, 1.82) is 0 Å². The first-order valence-corrected chi connectivity index (χ1v) is 11.4. The Hall–Kier alpha value is -2.27. The van der Waals surface area contributed by atoms with Crippen molar-refractivity contribution in [3.8, 4) is 17.0 Å². The summed E-state index contributed by atoms with van der Waals surface area (Å²) in [6, 6.07) is 5.71. The molecule has 5 nitrogen and oxygen atoms in total. The van der Waals surface area contributed by atoms with Gasteiger partial charge in [0.15, 0.2) is 5.65 Å². The van der Waals surface area contributed by atoms with Gasteiger partial charge in [0, 0.05) is 31.0 Å². The summed E-state index contributed by atoms with van der Waals surface area (Å²) in [5.41, 5.74) is 3.66. The average Bonchev–Trinajstić information content (AvgIpc) is 3.49. The molecule has 160 valence electrons. The molecule has 0 radical (unpaired) electrons. The van der Waals surface area contributed by atoms with Gasteiger partial charge in [-0.2, -0.15) is 0 Å². The normalized spacial score (nSPS) is 14.8. The van der Waals surface area contributed by atoms with Crippen LogP contribution in [0.1, 0.15) is 45.7 Å². The molecule has 4 rings (SSSR count). The molecule has 2 aromatic heterocycles. The number of methoxy groups -OCH3 is 1. The van der Waals surface area contributed by atoms with Gasteiger partial charge in [-0.25, -0.2) is 4.98 Å². The Labute approximate surface area is 184 Å². The summed E-state index contributed by atoms with van der Waals surface area (Å²) in [4.78, 5) is 12.3. The predicted molar refractivity (Wildman–Crippen MR) is 124 cm³/mol. The lowest BCUT2D eigenvalue weighted by atomic mass is 10.1. The molecule has 0 amide bonds. The molecule has 0 saturated heterocycles. The monoisotopic (exact) mass is 426 g/mol. The molecule has 0 N–H and O–H groups in total. The van der Waals surface area contributed by atoms with E-state index in [0.717, 1.165) is 53.8 Å². The maximum atomic E-state index is 6.58. The average molecular weight is 427 g/mol. The number of fused-ring (bicyclic) bond motifs is 1. The van der Waals surface area contributed by atoms with E-state index >= 15 is 0 Å². The van der Waals surface area contributed by atoms with E-state index < -0.39 is 0 Å². The number of ether oxygens (including phenoxy) is 1. The summed E-state index contributed by atoms with van der Waals surface area (Å²) < 4.78 is 7.52. The van der Waals surface area contributed by atoms with E-state index in [1.54, 1.807) is 7.11 Å². The van der Waals surface area contributed by atoms with Crippen LogP contribution in [0.15, 0.2) is 30.6 Å². The zero-order valence-corrected chi connectivity index (χ0v) is 19.1. The highest BCUT2D eigenvalue weighted by Crippen LogP contribution is 2.36. The topological polar surface area (TPSA) is 42.7 Å². The van der Waals surface area contributed by atoms with Gasteiger partial charge in [-0.15, -0.1) is 0 Å². The van der Waals surface area contributed by atoms with E-state index in [2.05, 4.69) is 35.1 Å². The molecule has 1 aliphatic rings. The quantitative estimate of drug-likeness (QED) is 0.428. The van der Waals surface area contributed by atoms with Crippen molar-refractivity contribution in [2.45, 2.75) is 46.5 Å². The second kappa shape index (κ2) is 8.84. The smallest absolute Gasteiger partial charge is 0.165 e. The summed E-state index contributed by atoms with van der Waals surface area (Å²) >= 11 is 6.58. The van der Waals surface area contributed by atoms with E-state index in [1.165, 1.54) is 25.1 Å². The fourth-order valence-electron chi connectivity index (χ4n) is 3.95. The lowest BCUT2D eigenvalue weighted by Gasteiger charge is -2.28. The number of aromatic nitrogens is 3. The molecule has 1 aromatic carbocycles. The first kappa shape index (κ1) is 21.0. The molecule has 1 aliphatic carbocycles. The third-order valence-corrected chi connectivity index (χ3v) is 6.37. The molecule has 1 fully saturated rings. The summed E-state index contributed by atoms with van der Waals surface area (Å²) in [7, 11) is 1.64.